The Labute approximate surface area is 243 Å². The minimum Gasteiger partial charge on any atom is -0.471 e. The van der Waals surface area contributed by atoms with Crippen molar-refractivity contribution in [3.05, 3.63) is 59.0 Å². The molecular weight excluding hydrogens is 523 g/mol. The zero-order valence-electron chi connectivity index (χ0n) is 24.8. The fraction of sp³-hybridized carbons (Fsp3) is 0.625. The highest BCUT2D eigenvalue weighted by atomic mass is 19.1. The van der Waals surface area contributed by atoms with Crippen molar-refractivity contribution in [2.24, 2.45) is 5.41 Å². The zero-order chi connectivity index (χ0) is 29.2. The summed E-state index contributed by atoms with van der Waals surface area (Å²) in [5.41, 5.74) is 2.94. The molecule has 1 saturated carbocycles. The number of aliphatic hydroxyl groups is 1. The van der Waals surface area contributed by atoms with Crippen LogP contribution in [-0.2, 0) is 22.4 Å². The number of hydrogen-bond donors (Lipinski definition) is 3. The third kappa shape index (κ3) is 7.63. The number of carbonyl (C=O) groups excluding carboxylic acids is 1. The second kappa shape index (κ2) is 12.3. The Kier molecular flexibility index (Phi) is 8.99. The second-order valence-electron chi connectivity index (χ2n) is 13.4. The molecule has 8 nitrogen and oxygen atoms in total. The van der Waals surface area contributed by atoms with E-state index in [4.69, 9.17) is 14.5 Å². The van der Waals surface area contributed by atoms with Gasteiger partial charge in [-0.3, -0.25) is 4.79 Å². The van der Waals surface area contributed by atoms with Gasteiger partial charge in [-0.05, 0) is 73.9 Å². The van der Waals surface area contributed by atoms with Crippen molar-refractivity contribution in [3.8, 4) is 5.88 Å². The number of morpholine rings is 1. The fourth-order valence-electron chi connectivity index (χ4n) is 6.12. The molecule has 9 heteroatoms. The molecule has 1 spiro atoms. The second-order valence-corrected chi connectivity index (χ2v) is 13.4. The molecule has 1 saturated heterocycles. The van der Waals surface area contributed by atoms with Crippen LogP contribution in [0.4, 0.5) is 4.39 Å². The van der Waals surface area contributed by atoms with Gasteiger partial charge in [0.2, 0.25) is 5.88 Å². The van der Waals surface area contributed by atoms with E-state index in [1.165, 1.54) is 12.1 Å². The summed E-state index contributed by atoms with van der Waals surface area (Å²) in [6.45, 7) is 8.65. The molecule has 0 unspecified atom stereocenters. The van der Waals surface area contributed by atoms with E-state index >= 15 is 0 Å². The van der Waals surface area contributed by atoms with Crippen molar-refractivity contribution in [3.63, 3.8) is 0 Å². The van der Waals surface area contributed by atoms with E-state index in [0.29, 0.717) is 25.5 Å². The monoisotopic (exact) mass is 568 g/mol. The molecule has 1 aromatic carbocycles. The van der Waals surface area contributed by atoms with Gasteiger partial charge in [0.15, 0.2) is 0 Å². The van der Waals surface area contributed by atoms with Gasteiger partial charge in [-0.25, -0.2) is 9.37 Å². The number of benzene rings is 1. The van der Waals surface area contributed by atoms with Crippen molar-refractivity contribution in [2.45, 2.75) is 89.2 Å². The van der Waals surface area contributed by atoms with E-state index in [-0.39, 0.29) is 35.3 Å². The van der Waals surface area contributed by atoms with Crippen molar-refractivity contribution < 1.29 is 23.8 Å². The lowest BCUT2D eigenvalue weighted by Gasteiger charge is -2.47. The first-order valence-corrected chi connectivity index (χ1v) is 14.9. The number of pyridine rings is 1. The van der Waals surface area contributed by atoms with E-state index in [1.54, 1.807) is 12.1 Å². The highest BCUT2D eigenvalue weighted by Crippen LogP contribution is 2.48. The predicted molar refractivity (Wildman–Crippen MR) is 155 cm³/mol. The van der Waals surface area contributed by atoms with Gasteiger partial charge in [0.05, 0.1) is 18.8 Å². The fourth-order valence-corrected chi connectivity index (χ4v) is 6.12. The number of nitrogens with one attached hydrogen (secondary N) is 2. The summed E-state index contributed by atoms with van der Waals surface area (Å²) < 4.78 is 25.7. The third-order valence-electron chi connectivity index (χ3n) is 8.50. The van der Waals surface area contributed by atoms with Gasteiger partial charge in [-0.2, -0.15) is 0 Å². The quantitative estimate of drug-likeness (QED) is 0.426. The summed E-state index contributed by atoms with van der Waals surface area (Å²) in [6.07, 6.45) is 5.64. The van der Waals surface area contributed by atoms with Gasteiger partial charge in [-0.1, -0.05) is 32.9 Å². The Morgan fingerprint density at radius 3 is 2.66 bits per heavy atom. The Balaban J connectivity index is 1.32. The predicted octanol–water partition coefficient (Wildman–Crippen LogP) is 3.56. The summed E-state index contributed by atoms with van der Waals surface area (Å²) in [5, 5.41) is 18.1. The van der Waals surface area contributed by atoms with Crippen molar-refractivity contribution >= 4 is 5.91 Å². The van der Waals surface area contributed by atoms with Crippen LogP contribution in [0.2, 0.25) is 0 Å². The maximum Gasteiger partial charge on any atom is 0.250 e. The smallest absolute Gasteiger partial charge is 0.250 e. The minimum atomic E-state index is -0.889. The average molecular weight is 569 g/mol. The number of ether oxygens (including phenoxy) is 2. The number of rotatable bonds is 9. The number of aromatic nitrogens is 1. The molecule has 2 aromatic rings. The van der Waals surface area contributed by atoms with Gasteiger partial charge in [0.25, 0.3) is 5.91 Å². The summed E-state index contributed by atoms with van der Waals surface area (Å²) in [4.78, 5) is 20.0. The zero-order valence-corrected chi connectivity index (χ0v) is 24.8. The molecule has 1 amide bonds. The summed E-state index contributed by atoms with van der Waals surface area (Å²) >= 11 is 0. The molecule has 2 fully saturated rings. The van der Waals surface area contributed by atoms with Gasteiger partial charge in [0.1, 0.15) is 17.5 Å². The number of hydrogen-bond acceptors (Lipinski definition) is 7. The topological polar surface area (TPSA) is 96.0 Å². The molecule has 3 heterocycles. The normalized spacial score (nSPS) is 23.7. The summed E-state index contributed by atoms with van der Waals surface area (Å²) in [5.74, 6) is 0.108. The van der Waals surface area contributed by atoms with Crippen LogP contribution in [0.1, 0.15) is 69.2 Å². The highest BCUT2D eigenvalue weighted by Gasteiger charge is 2.46. The number of nitrogens with zero attached hydrogens (tertiary/aromatic N) is 2. The number of fused-ring (bicyclic) bond motifs is 1. The number of aliphatic hydroxyl groups excluding tert-OH is 1. The lowest BCUT2D eigenvalue weighted by Crippen LogP contribution is -2.55. The molecule has 0 bridgehead atoms. The SMILES string of the molecule is CN1CCO[C@@H](C(=O)N[C@@H](Cc2ccc(F)cc2)[C@H](O)CN[C@H]2CC3(CCC3)Oc3ncc(CC(C)(C)C)cc32)C1. The Hall–Kier alpha value is -2.59. The molecule has 5 rings (SSSR count). The largest absolute Gasteiger partial charge is 0.471 e. The average Bonchev–Trinajstić information content (AvgIpc) is 2.90. The van der Waals surface area contributed by atoms with Crippen molar-refractivity contribution in [1.82, 2.24) is 20.5 Å². The first-order chi connectivity index (χ1) is 19.5. The van der Waals surface area contributed by atoms with E-state index < -0.39 is 18.2 Å². The van der Waals surface area contributed by atoms with Crippen molar-refractivity contribution in [1.29, 1.82) is 0 Å². The first-order valence-electron chi connectivity index (χ1n) is 14.9. The molecule has 224 valence electrons. The number of amides is 1. The minimum absolute atomic E-state index is 0.0291. The summed E-state index contributed by atoms with van der Waals surface area (Å²) in [7, 11) is 1.96. The Morgan fingerprint density at radius 1 is 1.24 bits per heavy atom. The van der Waals surface area contributed by atoms with E-state index in [2.05, 4.69) is 42.4 Å². The van der Waals surface area contributed by atoms with Crippen LogP contribution in [0.5, 0.6) is 5.88 Å². The Bertz CT molecular complexity index is 1200. The van der Waals surface area contributed by atoms with Crippen molar-refractivity contribution in [2.75, 3.05) is 33.3 Å². The molecule has 0 radical (unpaired) electrons. The lowest BCUT2D eigenvalue weighted by molar-refractivity contribution is -0.139. The standard InChI is InChI=1S/C32H45FN4O4/c1-31(2,3)16-22-14-24-26(17-32(10-5-11-32)41-30(24)35-18-22)34-19-27(38)25(15-21-6-8-23(33)9-7-21)36-29(39)28-20-37(4)12-13-40-28/h6-9,14,18,25-28,34,38H,5,10-13,15-17,19-20H2,1-4H3,(H,36,39)/t25-,26-,27+,28+/m0/s1. The van der Waals surface area contributed by atoms with Crippen LogP contribution in [0.3, 0.4) is 0 Å². The summed E-state index contributed by atoms with van der Waals surface area (Å²) in [6, 6.07) is 7.76. The van der Waals surface area contributed by atoms with Gasteiger partial charge < -0.3 is 30.1 Å². The highest BCUT2D eigenvalue weighted by molar-refractivity contribution is 5.81. The maximum absolute atomic E-state index is 13.6. The molecule has 3 N–H and O–H groups in total. The molecular formula is C32H45FN4O4. The first kappa shape index (κ1) is 29.9. The van der Waals surface area contributed by atoms with E-state index in [1.807, 2.05) is 13.2 Å². The molecule has 3 aliphatic rings. The van der Waals surface area contributed by atoms with Crippen LogP contribution < -0.4 is 15.4 Å². The molecule has 4 atom stereocenters. The van der Waals surface area contributed by atoms with Gasteiger partial charge >= 0.3 is 0 Å². The third-order valence-corrected chi connectivity index (χ3v) is 8.50. The maximum atomic E-state index is 13.6. The van der Waals surface area contributed by atoms with Crippen LogP contribution in [-0.4, -0.2) is 78.0 Å². The molecule has 41 heavy (non-hydrogen) atoms. The van der Waals surface area contributed by atoms with Crippen LogP contribution in [0, 0.1) is 11.2 Å². The molecule has 2 aliphatic heterocycles. The Morgan fingerprint density at radius 2 is 2.00 bits per heavy atom. The van der Waals surface area contributed by atoms with Gasteiger partial charge in [0, 0.05) is 43.9 Å². The van der Waals surface area contributed by atoms with E-state index in [9.17, 15) is 14.3 Å². The van der Waals surface area contributed by atoms with Crippen LogP contribution in [0.25, 0.3) is 0 Å². The van der Waals surface area contributed by atoms with Crippen LogP contribution >= 0.6 is 0 Å². The molecule has 1 aliphatic carbocycles. The number of likely N-dealkylation sites (N-methyl/N-ethyl adjacent to an activating group) is 1. The number of halogens is 1. The molecule has 1 aromatic heterocycles. The van der Waals surface area contributed by atoms with E-state index in [0.717, 1.165) is 55.3 Å². The van der Waals surface area contributed by atoms with Gasteiger partial charge in [-0.15, -0.1) is 0 Å². The lowest BCUT2D eigenvalue weighted by atomic mass is 9.73. The number of carbonyl (C=O) groups is 1. The van der Waals surface area contributed by atoms with Crippen LogP contribution in [0.15, 0.2) is 36.5 Å².